The fourth-order valence-electron chi connectivity index (χ4n) is 2.05. The molecule has 2 rings (SSSR count). The lowest BCUT2D eigenvalue weighted by molar-refractivity contribution is 0.495. The number of H-pyrrole nitrogens is 1. The van der Waals surface area contributed by atoms with E-state index in [0.717, 1.165) is 12.8 Å². The number of hydrogen-bond acceptors (Lipinski definition) is 1. The molecule has 1 aromatic rings. The maximum Gasteiger partial charge on any atom is 0.0410 e. The zero-order valence-electron chi connectivity index (χ0n) is 7.96. The molecule has 2 atom stereocenters. The van der Waals surface area contributed by atoms with E-state index in [-0.39, 0.29) is 6.04 Å². The summed E-state index contributed by atoms with van der Waals surface area (Å²) in [6.45, 7) is 2.26. The quantitative estimate of drug-likeness (QED) is 0.676. The molecule has 2 heteroatoms. The molecule has 0 fully saturated rings. The van der Waals surface area contributed by atoms with Crippen LogP contribution in [0.15, 0.2) is 24.4 Å². The number of hydrogen-bond donors (Lipinski definition) is 2. The van der Waals surface area contributed by atoms with Crippen molar-refractivity contribution >= 4 is 5.57 Å². The summed E-state index contributed by atoms with van der Waals surface area (Å²) >= 11 is 0. The Balaban J connectivity index is 2.24. The summed E-state index contributed by atoms with van der Waals surface area (Å²) in [7, 11) is 0. The van der Waals surface area contributed by atoms with Crippen molar-refractivity contribution < 1.29 is 0 Å². The first-order valence-corrected chi connectivity index (χ1v) is 4.86. The first-order chi connectivity index (χ1) is 6.25. The molecular weight excluding hydrogens is 160 g/mol. The highest BCUT2D eigenvalue weighted by Gasteiger charge is 2.17. The van der Waals surface area contributed by atoms with Crippen molar-refractivity contribution in [2.24, 2.45) is 11.7 Å². The molecule has 3 N–H and O–H groups in total. The molecule has 1 aliphatic carbocycles. The predicted molar refractivity (Wildman–Crippen MR) is 55.1 cm³/mol. The summed E-state index contributed by atoms with van der Waals surface area (Å²) in [6, 6.07) is 4.37. The van der Waals surface area contributed by atoms with E-state index in [1.807, 2.05) is 12.3 Å². The number of rotatable bonds is 1. The third-order valence-electron chi connectivity index (χ3n) is 2.60. The number of allylic oxidation sites excluding steroid dienone is 1. The molecule has 1 aromatic heterocycles. The molecule has 0 saturated carbocycles. The second-order valence-electron chi connectivity index (χ2n) is 3.98. The zero-order valence-corrected chi connectivity index (χ0v) is 7.96. The molecule has 70 valence electrons. The van der Waals surface area contributed by atoms with Crippen LogP contribution in [0.2, 0.25) is 0 Å². The Morgan fingerprint density at radius 3 is 3.00 bits per heavy atom. The van der Waals surface area contributed by atoms with Gasteiger partial charge in [-0.1, -0.05) is 13.0 Å². The summed E-state index contributed by atoms with van der Waals surface area (Å²) in [5.74, 6) is 0.707. The molecular formula is C11H16N2. The molecule has 0 amide bonds. The van der Waals surface area contributed by atoms with Gasteiger partial charge in [0.25, 0.3) is 0 Å². The van der Waals surface area contributed by atoms with Gasteiger partial charge in [0.15, 0.2) is 0 Å². The summed E-state index contributed by atoms with van der Waals surface area (Å²) in [6.07, 6.45) is 6.41. The number of nitrogens with one attached hydrogen (secondary N) is 1. The van der Waals surface area contributed by atoms with Gasteiger partial charge in [0.1, 0.15) is 0 Å². The highest BCUT2D eigenvalue weighted by molar-refractivity contribution is 5.64. The van der Waals surface area contributed by atoms with E-state index >= 15 is 0 Å². The smallest absolute Gasteiger partial charge is 0.0410 e. The van der Waals surface area contributed by atoms with Gasteiger partial charge in [-0.25, -0.2) is 0 Å². The van der Waals surface area contributed by atoms with Crippen LogP contribution in [0.3, 0.4) is 0 Å². The topological polar surface area (TPSA) is 41.8 Å². The first kappa shape index (κ1) is 8.57. The minimum atomic E-state index is 0.238. The van der Waals surface area contributed by atoms with Crippen LogP contribution in [0, 0.1) is 5.92 Å². The molecule has 0 spiro atoms. The molecule has 2 nitrogen and oxygen atoms in total. The molecule has 0 aromatic carbocycles. The van der Waals surface area contributed by atoms with E-state index in [4.69, 9.17) is 5.73 Å². The van der Waals surface area contributed by atoms with E-state index in [1.165, 1.54) is 11.3 Å². The Morgan fingerprint density at radius 2 is 2.38 bits per heavy atom. The van der Waals surface area contributed by atoms with E-state index in [0.29, 0.717) is 5.92 Å². The highest BCUT2D eigenvalue weighted by atomic mass is 14.7. The summed E-state index contributed by atoms with van der Waals surface area (Å²) < 4.78 is 0. The van der Waals surface area contributed by atoms with Crippen LogP contribution >= 0.6 is 0 Å². The van der Waals surface area contributed by atoms with E-state index < -0.39 is 0 Å². The summed E-state index contributed by atoms with van der Waals surface area (Å²) in [5.41, 5.74) is 8.53. The van der Waals surface area contributed by atoms with Crippen molar-refractivity contribution in [3.05, 3.63) is 30.1 Å². The SMILES string of the molecule is CC1CC(c2ccc[nH]2)=CC(N)C1. The van der Waals surface area contributed by atoms with Crippen molar-refractivity contribution in [1.82, 2.24) is 4.98 Å². The lowest BCUT2D eigenvalue weighted by atomic mass is 9.86. The average Bonchev–Trinajstić information content (AvgIpc) is 2.53. The van der Waals surface area contributed by atoms with Gasteiger partial charge in [0, 0.05) is 17.9 Å². The fourth-order valence-corrected chi connectivity index (χ4v) is 2.05. The Hall–Kier alpha value is -1.02. The molecule has 0 aliphatic heterocycles. The summed E-state index contributed by atoms with van der Waals surface area (Å²) in [4.78, 5) is 3.22. The second-order valence-corrected chi connectivity index (χ2v) is 3.98. The Kier molecular flexibility index (Phi) is 2.23. The molecule has 1 heterocycles. The van der Waals surface area contributed by atoms with Gasteiger partial charge in [0.05, 0.1) is 0 Å². The molecule has 2 unspecified atom stereocenters. The van der Waals surface area contributed by atoms with Crippen molar-refractivity contribution in [1.29, 1.82) is 0 Å². The predicted octanol–water partition coefficient (Wildman–Crippen LogP) is 2.16. The third-order valence-corrected chi connectivity index (χ3v) is 2.60. The van der Waals surface area contributed by atoms with Crippen molar-refractivity contribution in [3.63, 3.8) is 0 Å². The number of aromatic nitrogens is 1. The number of nitrogens with two attached hydrogens (primary N) is 1. The lowest BCUT2D eigenvalue weighted by Gasteiger charge is -2.23. The van der Waals surface area contributed by atoms with Crippen LogP contribution in [0.25, 0.3) is 5.57 Å². The van der Waals surface area contributed by atoms with Gasteiger partial charge in [-0.15, -0.1) is 0 Å². The zero-order chi connectivity index (χ0) is 9.26. The van der Waals surface area contributed by atoms with Gasteiger partial charge in [-0.3, -0.25) is 0 Å². The largest absolute Gasteiger partial charge is 0.361 e. The van der Waals surface area contributed by atoms with Crippen LogP contribution in [-0.4, -0.2) is 11.0 Å². The third kappa shape index (κ3) is 1.83. The standard InChI is InChI=1S/C11H16N2/c1-8-5-9(7-10(12)6-8)11-3-2-4-13-11/h2-4,7-8,10,13H,5-6,12H2,1H3. The van der Waals surface area contributed by atoms with Gasteiger partial charge < -0.3 is 10.7 Å². The van der Waals surface area contributed by atoms with Gasteiger partial charge in [-0.05, 0) is 36.5 Å². The second kappa shape index (κ2) is 3.38. The Labute approximate surface area is 78.8 Å². The van der Waals surface area contributed by atoms with Gasteiger partial charge >= 0.3 is 0 Å². The lowest BCUT2D eigenvalue weighted by Crippen LogP contribution is -2.24. The van der Waals surface area contributed by atoms with Crippen LogP contribution in [-0.2, 0) is 0 Å². The monoisotopic (exact) mass is 176 g/mol. The maximum atomic E-state index is 5.93. The van der Waals surface area contributed by atoms with E-state index in [1.54, 1.807) is 0 Å². The number of aromatic amines is 1. The van der Waals surface area contributed by atoms with Crippen molar-refractivity contribution in [3.8, 4) is 0 Å². The van der Waals surface area contributed by atoms with Gasteiger partial charge in [-0.2, -0.15) is 0 Å². The van der Waals surface area contributed by atoms with Crippen molar-refractivity contribution in [2.75, 3.05) is 0 Å². The molecule has 1 aliphatic rings. The van der Waals surface area contributed by atoms with E-state index in [2.05, 4.69) is 24.1 Å². The maximum absolute atomic E-state index is 5.93. The first-order valence-electron chi connectivity index (χ1n) is 4.86. The highest BCUT2D eigenvalue weighted by Crippen LogP contribution is 2.28. The van der Waals surface area contributed by atoms with Crippen LogP contribution in [0.1, 0.15) is 25.5 Å². The van der Waals surface area contributed by atoms with Gasteiger partial charge in [0.2, 0.25) is 0 Å². The Morgan fingerprint density at radius 1 is 1.54 bits per heavy atom. The minimum absolute atomic E-state index is 0.238. The fraction of sp³-hybridized carbons (Fsp3) is 0.455. The molecule has 0 radical (unpaired) electrons. The molecule has 0 saturated heterocycles. The van der Waals surface area contributed by atoms with E-state index in [9.17, 15) is 0 Å². The van der Waals surface area contributed by atoms with Crippen LogP contribution in [0.4, 0.5) is 0 Å². The molecule has 13 heavy (non-hydrogen) atoms. The summed E-state index contributed by atoms with van der Waals surface area (Å²) in [5, 5.41) is 0. The van der Waals surface area contributed by atoms with Crippen LogP contribution in [0.5, 0.6) is 0 Å². The molecule has 0 bridgehead atoms. The van der Waals surface area contributed by atoms with Crippen LogP contribution < -0.4 is 5.73 Å². The Bertz CT molecular complexity index is 298. The van der Waals surface area contributed by atoms with Crippen molar-refractivity contribution in [2.45, 2.75) is 25.8 Å². The average molecular weight is 176 g/mol. The normalized spacial score (nSPS) is 28.6. The minimum Gasteiger partial charge on any atom is -0.361 e.